The molecule has 2 rings (SSSR count). The lowest BCUT2D eigenvalue weighted by Gasteiger charge is -2.15. The first-order chi connectivity index (χ1) is 12.4. The van der Waals surface area contributed by atoms with Gasteiger partial charge in [-0.1, -0.05) is 0 Å². The molecule has 140 valence electrons. The number of carbonyl (C=O) groups is 4. The molecular weight excluding hydrogens is 342 g/mol. The van der Waals surface area contributed by atoms with Crippen LogP contribution in [0.25, 0.3) is 0 Å². The normalized spacial score (nSPS) is 14.0. The van der Waals surface area contributed by atoms with Gasteiger partial charge in [0, 0.05) is 18.3 Å². The largest absolute Gasteiger partial charge is 0.490 e. The van der Waals surface area contributed by atoms with Crippen LogP contribution >= 0.6 is 0 Å². The molecule has 1 aliphatic heterocycles. The molecule has 0 spiro atoms. The fourth-order valence-electron chi connectivity index (χ4n) is 2.44. The number of amides is 5. The van der Waals surface area contributed by atoms with E-state index in [1.807, 2.05) is 13.8 Å². The Balaban J connectivity index is 2.08. The Morgan fingerprint density at radius 2 is 1.58 bits per heavy atom. The van der Waals surface area contributed by atoms with Gasteiger partial charge in [0.2, 0.25) is 5.91 Å². The highest BCUT2D eigenvalue weighted by Gasteiger charge is 2.44. The molecule has 0 aliphatic carbocycles. The molecular formula is C17H21N3O6. The molecule has 1 fully saturated rings. The van der Waals surface area contributed by atoms with Gasteiger partial charge in [0.05, 0.1) is 13.2 Å². The average molecular weight is 363 g/mol. The van der Waals surface area contributed by atoms with Crippen LogP contribution in [0.4, 0.5) is 10.5 Å². The number of imide groups is 2. The van der Waals surface area contributed by atoms with Crippen LogP contribution in [0.3, 0.4) is 0 Å². The van der Waals surface area contributed by atoms with Crippen LogP contribution in [-0.4, -0.2) is 59.9 Å². The molecule has 1 heterocycles. The summed E-state index contributed by atoms with van der Waals surface area (Å²) >= 11 is 0. The SMILES string of the molecule is CCOc1ccc(NC(=O)CN2C(=O)C(=O)N(CC)C2=O)cc1OCC. The molecule has 1 aliphatic rings. The van der Waals surface area contributed by atoms with Crippen molar-refractivity contribution < 1.29 is 28.7 Å². The highest BCUT2D eigenvalue weighted by Crippen LogP contribution is 2.30. The Kier molecular flexibility index (Phi) is 6.16. The summed E-state index contributed by atoms with van der Waals surface area (Å²) in [6.45, 7) is 5.64. The van der Waals surface area contributed by atoms with Crippen LogP contribution < -0.4 is 14.8 Å². The monoisotopic (exact) mass is 363 g/mol. The lowest BCUT2D eigenvalue weighted by Crippen LogP contribution is -2.38. The Morgan fingerprint density at radius 3 is 2.15 bits per heavy atom. The smallest absolute Gasteiger partial charge is 0.334 e. The highest BCUT2D eigenvalue weighted by molar-refractivity contribution is 6.45. The Morgan fingerprint density at radius 1 is 0.962 bits per heavy atom. The van der Waals surface area contributed by atoms with Crippen molar-refractivity contribution in [2.45, 2.75) is 20.8 Å². The summed E-state index contributed by atoms with van der Waals surface area (Å²) in [6, 6.07) is 4.06. The summed E-state index contributed by atoms with van der Waals surface area (Å²) in [4.78, 5) is 49.1. The van der Waals surface area contributed by atoms with Gasteiger partial charge in [-0.15, -0.1) is 0 Å². The van der Waals surface area contributed by atoms with Gasteiger partial charge in [0.25, 0.3) is 0 Å². The second-order valence-corrected chi connectivity index (χ2v) is 5.30. The van der Waals surface area contributed by atoms with Gasteiger partial charge in [-0.25, -0.2) is 9.69 Å². The molecule has 1 N–H and O–H groups in total. The predicted molar refractivity (Wildman–Crippen MR) is 91.9 cm³/mol. The predicted octanol–water partition coefficient (Wildman–Crippen LogP) is 1.23. The summed E-state index contributed by atoms with van der Waals surface area (Å²) in [5, 5.41) is 2.58. The van der Waals surface area contributed by atoms with E-state index in [4.69, 9.17) is 9.47 Å². The van der Waals surface area contributed by atoms with E-state index >= 15 is 0 Å². The van der Waals surface area contributed by atoms with Crippen LogP contribution in [0, 0.1) is 0 Å². The first-order valence-corrected chi connectivity index (χ1v) is 8.29. The number of benzene rings is 1. The van der Waals surface area contributed by atoms with Gasteiger partial charge in [0.15, 0.2) is 11.5 Å². The average Bonchev–Trinajstić information content (AvgIpc) is 2.80. The minimum absolute atomic E-state index is 0.0676. The van der Waals surface area contributed by atoms with E-state index in [-0.39, 0.29) is 6.54 Å². The molecule has 1 saturated heterocycles. The van der Waals surface area contributed by atoms with Crippen molar-refractivity contribution in [3.8, 4) is 11.5 Å². The minimum Gasteiger partial charge on any atom is -0.490 e. The van der Waals surface area contributed by atoms with Gasteiger partial charge in [0.1, 0.15) is 6.54 Å². The van der Waals surface area contributed by atoms with Crippen molar-refractivity contribution in [1.82, 2.24) is 9.80 Å². The number of urea groups is 1. The van der Waals surface area contributed by atoms with E-state index in [0.717, 1.165) is 4.90 Å². The zero-order valence-electron chi connectivity index (χ0n) is 14.9. The molecule has 0 unspecified atom stereocenters. The summed E-state index contributed by atoms with van der Waals surface area (Å²) in [5.41, 5.74) is 0.416. The Hall–Kier alpha value is -3.10. The molecule has 1 aromatic rings. The number of likely N-dealkylation sites (N-methyl/N-ethyl adjacent to an activating group) is 1. The first-order valence-electron chi connectivity index (χ1n) is 8.29. The molecule has 9 heteroatoms. The Bertz CT molecular complexity index is 733. The van der Waals surface area contributed by atoms with E-state index in [1.165, 1.54) is 0 Å². The van der Waals surface area contributed by atoms with Crippen molar-refractivity contribution in [2.24, 2.45) is 0 Å². The zero-order valence-corrected chi connectivity index (χ0v) is 14.9. The summed E-state index contributed by atoms with van der Waals surface area (Å²) in [5.74, 6) is -1.53. The number of hydrogen-bond donors (Lipinski definition) is 1. The van der Waals surface area contributed by atoms with E-state index in [2.05, 4.69) is 5.32 Å². The molecule has 1 aromatic carbocycles. The number of carbonyl (C=O) groups excluding carboxylic acids is 4. The zero-order chi connectivity index (χ0) is 19.3. The van der Waals surface area contributed by atoms with Gasteiger partial charge in [-0.3, -0.25) is 19.3 Å². The van der Waals surface area contributed by atoms with Gasteiger partial charge >= 0.3 is 17.8 Å². The maximum Gasteiger partial charge on any atom is 0.334 e. The first kappa shape index (κ1) is 19.2. The molecule has 0 aromatic heterocycles. The van der Waals surface area contributed by atoms with Crippen molar-refractivity contribution in [3.05, 3.63) is 18.2 Å². The van der Waals surface area contributed by atoms with Gasteiger partial charge < -0.3 is 14.8 Å². The van der Waals surface area contributed by atoms with E-state index in [1.54, 1.807) is 25.1 Å². The minimum atomic E-state index is -1.01. The number of hydrogen-bond acceptors (Lipinski definition) is 6. The van der Waals surface area contributed by atoms with Crippen LogP contribution in [0.15, 0.2) is 18.2 Å². The molecule has 26 heavy (non-hydrogen) atoms. The lowest BCUT2D eigenvalue weighted by molar-refractivity contribution is -0.143. The number of nitrogens with zero attached hydrogens (tertiary/aromatic N) is 2. The quantitative estimate of drug-likeness (QED) is 0.550. The third-order valence-corrected chi connectivity index (χ3v) is 3.58. The van der Waals surface area contributed by atoms with Crippen LogP contribution in [0.1, 0.15) is 20.8 Å². The Labute approximate surface area is 150 Å². The third kappa shape index (κ3) is 3.93. The third-order valence-electron chi connectivity index (χ3n) is 3.58. The second kappa shape index (κ2) is 8.32. The molecule has 0 saturated carbocycles. The van der Waals surface area contributed by atoms with Gasteiger partial charge in [-0.05, 0) is 32.9 Å². The molecule has 0 bridgehead atoms. The summed E-state index contributed by atoms with van der Waals surface area (Å²) in [7, 11) is 0. The van der Waals surface area contributed by atoms with Gasteiger partial charge in [-0.2, -0.15) is 0 Å². The summed E-state index contributed by atoms with van der Waals surface area (Å²) < 4.78 is 10.9. The standard InChI is InChI=1S/C17H21N3O6/c1-4-19-15(22)16(23)20(17(19)24)10-14(21)18-11-7-8-12(25-5-2)13(9-11)26-6-3/h7-9H,4-6,10H2,1-3H3,(H,18,21). The molecule has 5 amide bonds. The van der Waals surface area contributed by atoms with Crippen molar-refractivity contribution in [3.63, 3.8) is 0 Å². The van der Waals surface area contributed by atoms with Crippen LogP contribution in [0.2, 0.25) is 0 Å². The number of anilines is 1. The maximum absolute atomic E-state index is 12.2. The number of nitrogens with one attached hydrogen (secondary N) is 1. The van der Waals surface area contributed by atoms with Crippen molar-refractivity contribution in [2.75, 3.05) is 31.6 Å². The lowest BCUT2D eigenvalue weighted by atomic mass is 10.2. The summed E-state index contributed by atoms with van der Waals surface area (Å²) in [6.07, 6.45) is 0. The molecule has 0 radical (unpaired) electrons. The van der Waals surface area contributed by atoms with E-state index in [0.29, 0.717) is 35.3 Å². The molecule has 0 atom stereocenters. The topological polar surface area (TPSA) is 105 Å². The molecule has 9 nitrogen and oxygen atoms in total. The van der Waals surface area contributed by atoms with Crippen LogP contribution in [0.5, 0.6) is 11.5 Å². The number of rotatable bonds is 8. The van der Waals surface area contributed by atoms with Crippen molar-refractivity contribution in [1.29, 1.82) is 0 Å². The fraction of sp³-hybridized carbons (Fsp3) is 0.412. The fourth-order valence-corrected chi connectivity index (χ4v) is 2.44. The second-order valence-electron chi connectivity index (χ2n) is 5.30. The van der Waals surface area contributed by atoms with E-state index in [9.17, 15) is 19.2 Å². The van der Waals surface area contributed by atoms with Crippen molar-refractivity contribution >= 4 is 29.4 Å². The highest BCUT2D eigenvalue weighted by atomic mass is 16.5. The van der Waals surface area contributed by atoms with Crippen LogP contribution in [-0.2, 0) is 14.4 Å². The van der Waals surface area contributed by atoms with E-state index < -0.39 is 30.3 Å². The number of ether oxygens (including phenoxy) is 2. The maximum atomic E-state index is 12.2.